The number of carboxylic acid groups (broad SMARTS) is 1. The molecule has 4 N–H and O–H groups in total. The second-order valence-electron chi connectivity index (χ2n) is 7.52. The minimum atomic E-state index is -1.20. The Labute approximate surface area is 215 Å². The average molecular weight is 547 g/mol. The highest BCUT2D eigenvalue weighted by atomic mass is 32.2. The van der Waals surface area contributed by atoms with E-state index in [-0.39, 0.29) is 22.2 Å². The third-order valence-electron chi connectivity index (χ3n) is 5.39. The van der Waals surface area contributed by atoms with Crippen molar-refractivity contribution in [2.45, 2.75) is 16.4 Å². The zero-order chi connectivity index (χ0) is 25.4. The Morgan fingerprint density at radius 1 is 1.42 bits per heavy atom. The Kier molecular flexibility index (Phi) is 6.55. The van der Waals surface area contributed by atoms with E-state index in [1.54, 1.807) is 16.1 Å². The fraction of sp³-hybridized carbons (Fsp3) is 0.250. The molecule has 0 spiro atoms. The number of carbonyl (C=O) groups is 3. The summed E-state index contributed by atoms with van der Waals surface area (Å²) in [6.45, 7) is 0. The van der Waals surface area contributed by atoms with Gasteiger partial charge in [-0.15, -0.1) is 45.1 Å². The van der Waals surface area contributed by atoms with Crippen molar-refractivity contribution in [2.24, 2.45) is 5.16 Å². The number of carbonyl (C=O) groups excluding carboxylic acids is 2. The van der Waals surface area contributed by atoms with E-state index in [2.05, 4.69) is 25.7 Å². The largest absolute Gasteiger partial charge is 0.477 e. The van der Waals surface area contributed by atoms with Crippen molar-refractivity contribution < 1.29 is 24.3 Å². The van der Waals surface area contributed by atoms with Crippen molar-refractivity contribution >= 4 is 69.1 Å². The normalized spacial score (nSPS) is 19.8. The lowest BCUT2D eigenvalue weighted by atomic mass is 10.0. The molecular weight excluding hydrogens is 528 g/mol. The van der Waals surface area contributed by atoms with Crippen LogP contribution >= 0.6 is 34.9 Å². The van der Waals surface area contributed by atoms with Crippen LogP contribution in [-0.4, -0.2) is 83.1 Å². The van der Waals surface area contributed by atoms with Crippen molar-refractivity contribution in [1.29, 1.82) is 0 Å². The average Bonchev–Trinajstić information content (AvgIpc) is 3.52. The van der Waals surface area contributed by atoms with Gasteiger partial charge in [0, 0.05) is 16.9 Å². The highest BCUT2D eigenvalue weighted by molar-refractivity contribution is 8.01. The number of hydrogen-bond acceptors (Lipinski definition) is 12. The summed E-state index contributed by atoms with van der Waals surface area (Å²) in [5.41, 5.74) is 6.96. The first-order valence-electron chi connectivity index (χ1n) is 10.3. The monoisotopic (exact) mass is 546 g/mol. The van der Waals surface area contributed by atoms with Crippen LogP contribution in [0.1, 0.15) is 5.69 Å². The molecule has 36 heavy (non-hydrogen) atoms. The smallest absolute Gasteiger partial charge is 0.352 e. The van der Waals surface area contributed by atoms with Crippen molar-refractivity contribution in [3.8, 4) is 0 Å². The Hall–Kier alpha value is -3.63. The Morgan fingerprint density at radius 3 is 2.97 bits per heavy atom. The van der Waals surface area contributed by atoms with Crippen LogP contribution in [0.25, 0.3) is 5.65 Å². The number of nitrogens with one attached hydrogen (secondary N) is 1. The third kappa shape index (κ3) is 4.27. The van der Waals surface area contributed by atoms with E-state index in [1.807, 2.05) is 18.2 Å². The van der Waals surface area contributed by atoms with Gasteiger partial charge in [0.15, 0.2) is 16.5 Å². The van der Waals surface area contributed by atoms with Gasteiger partial charge in [0.2, 0.25) is 0 Å². The minimum Gasteiger partial charge on any atom is -0.477 e. The molecule has 2 aliphatic heterocycles. The number of nitrogen functional groups attached to an aromatic ring is 1. The molecule has 5 rings (SSSR count). The lowest BCUT2D eigenvalue weighted by Crippen LogP contribution is -2.71. The van der Waals surface area contributed by atoms with Crippen LogP contribution in [0.4, 0.5) is 5.13 Å². The van der Waals surface area contributed by atoms with Gasteiger partial charge < -0.3 is 21.0 Å². The highest BCUT2D eigenvalue weighted by Gasteiger charge is 2.54. The number of aliphatic carboxylic acids is 1. The summed E-state index contributed by atoms with van der Waals surface area (Å²) in [5, 5.41) is 26.3. The van der Waals surface area contributed by atoms with Gasteiger partial charge in [-0.3, -0.25) is 18.9 Å². The molecule has 13 nitrogen and oxygen atoms in total. The van der Waals surface area contributed by atoms with Crippen LogP contribution in [0.3, 0.4) is 0 Å². The number of amides is 2. The number of pyridine rings is 1. The first-order valence-corrected chi connectivity index (χ1v) is 13.3. The van der Waals surface area contributed by atoms with E-state index in [0.717, 1.165) is 16.4 Å². The maximum Gasteiger partial charge on any atom is 0.352 e. The zero-order valence-corrected chi connectivity index (χ0v) is 21.0. The molecule has 0 aliphatic carbocycles. The van der Waals surface area contributed by atoms with Gasteiger partial charge >= 0.3 is 5.97 Å². The summed E-state index contributed by atoms with van der Waals surface area (Å²) >= 11 is 3.94. The van der Waals surface area contributed by atoms with Gasteiger partial charge in [-0.05, 0) is 17.7 Å². The lowest BCUT2D eigenvalue weighted by Gasteiger charge is -2.49. The molecule has 16 heteroatoms. The number of fused-ring (bicyclic) bond motifs is 2. The maximum absolute atomic E-state index is 13.0. The van der Waals surface area contributed by atoms with Crippen LogP contribution in [0.5, 0.6) is 0 Å². The second-order valence-corrected chi connectivity index (χ2v) is 10.5. The van der Waals surface area contributed by atoms with Crippen LogP contribution in [0.15, 0.2) is 51.4 Å². The van der Waals surface area contributed by atoms with E-state index >= 15 is 0 Å². The molecule has 0 unspecified atom stereocenters. The van der Waals surface area contributed by atoms with Gasteiger partial charge in [0.05, 0.1) is 5.03 Å². The van der Waals surface area contributed by atoms with Crippen molar-refractivity contribution in [2.75, 3.05) is 24.3 Å². The van der Waals surface area contributed by atoms with E-state index in [0.29, 0.717) is 22.7 Å². The first kappa shape index (κ1) is 24.1. The van der Waals surface area contributed by atoms with E-state index in [4.69, 9.17) is 10.6 Å². The number of nitrogens with zero attached hydrogens (tertiary/aromatic N) is 6. The predicted octanol–water partition coefficient (Wildman–Crippen LogP) is 0.649. The number of aromatic nitrogens is 4. The van der Waals surface area contributed by atoms with Crippen LogP contribution in [0, 0.1) is 0 Å². The summed E-state index contributed by atoms with van der Waals surface area (Å²) in [7, 11) is 1.28. The molecule has 2 aliphatic rings. The van der Waals surface area contributed by atoms with E-state index in [9.17, 15) is 19.5 Å². The quantitative estimate of drug-likeness (QED) is 0.156. The van der Waals surface area contributed by atoms with Crippen LogP contribution in [-0.2, 0) is 19.2 Å². The number of anilines is 1. The number of hydrogen-bond donors (Lipinski definition) is 3. The lowest BCUT2D eigenvalue weighted by molar-refractivity contribution is -0.150. The van der Waals surface area contributed by atoms with Gasteiger partial charge in [-0.1, -0.05) is 11.2 Å². The summed E-state index contributed by atoms with van der Waals surface area (Å²) in [5.74, 6) is -1.65. The number of β-lactam (4-membered cyclic amide) rings is 1. The molecule has 1 fully saturated rings. The number of thiazole rings is 1. The third-order valence-corrected chi connectivity index (χ3v) is 8.52. The first-order chi connectivity index (χ1) is 17.4. The topological polar surface area (TPSA) is 177 Å². The van der Waals surface area contributed by atoms with Crippen molar-refractivity contribution in [3.05, 3.63) is 46.9 Å². The standard InChI is InChI=1S/C20H18N8O5S3/c1-33-26-13(10-7-36-20(21)23-10)16(29)24-14-17(30)28-15(19(31)32)9(6-35-18(14)28)5-34-12-4-2-3-11-25-22-8-27(11)12/h2-4,7-8,14,18H,5-6H2,1H3,(H2,21,23)(H,24,29)(H,31,32)/b26-13-/t14-,18-/m1/s1. The molecule has 2 amide bonds. The fourth-order valence-electron chi connectivity index (χ4n) is 3.80. The summed E-state index contributed by atoms with van der Waals surface area (Å²) in [6.07, 6.45) is 1.59. The van der Waals surface area contributed by atoms with E-state index < -0.39 is 29.2 Å². The molecule has 2 atom stereocenters. The van der Waals surface area contributed by atoms with Crippen LogP contribution < -0.4 is 11.1 Å². The van der Waals surface area contributed by atoms with E-state index in [1.165, 1.54) is 35.5 Å². The zero-order valence-electron chi connectivity index (χ0n) is 18.5. The van der Waals surface area contributed by atoms with Gasteiger partial charge in [0.1, 0.15) is 36.2 Å². The molecule has 0 radical (unpaired) electrons. The Bertz CT molecular complexity index is 1430. The second kappa shape index (κ2) is 9.79. The van der Waals surface area contributed by atoms with Crippen molar-refractivity contribution in [3.63, 3.8) is 0 Å². The van der Waals surface area contributed by atoms with Gasteiger partial charge in [-0.25, -0.2) is 9.78 Å². The number of nitrogens with two attached hydrogens (primary N) is 1. The summed E-state index contributed by atoms with van der Waals surface area (Å²) < 4.78 is 1.81. The molecule has 3 aromatic heterocycles. The number of rotatable bonds is 8. The minimum absolute atomic E-state index is 0.0595. The number of thioether (sulfide) groups is 2. The molecule has 5 heterocycles. The maximum atomic E-state index is 13.0. The molecule has 0 aromatic carbocycles. The molecule has 3 aromatic rings. The van der Waals surface area contributed by atoms with Crippen LogP contribution in [0.2, 0.25) is 0 Å². The molecule has 1 saturated heterocycles. The highest BCUT2D eigenvalue weighted by Crippen LogP contribution is 2.41. The summed E-state index contributed by atoms with van der Waals surface area (Å²) in [4.78, 5) is 48.0. The molecule has 0 saturated carbocycles. The van der Waals surface area contributed by atoms with Gasteiger partial charge in [0.25, 0.3) is 11.8 Å². The molecule has 186 valence electrons. The fourth-order valence-corrected chi connectivity index (χ4v) is 6.84. The number of carboxylic acids is 1. The number of oxime groups is 1. The molecular formula is C20H18N8O5S3. The summed E-state index contributed by atoms with van der Waals surface area (Å²) in [6, 6.07) is 4.63. The SMILES string of the molecule is CO/N=C(\C(=O)N[C@@H]1C(=O)N2C(C(=O)O)=C(CSc3cccc4nncn34)CS[C@H]12)c1csc(N)n1. The Balaban J connectivity index is 1.32. The predicted molar refractivity (Wildman–Crippen MR) is 133 cm³/mol. The Morgan fingerprint density at radius 2 is 2.25 bits per heavy atom. The van der Waals surface area contributed by atoms with Gasteiger partial charge in [-0.2, -0.15) is 0 Å². The van der Waals surface area contributed by atoms with Crippen molar-refractivity contribution in [1.82, 2.24) is 29.8 Å². The molecule has 0 bridgehead atoms.